The van der Waals surface area contributed by atoms with E-state index in [2.05, 4.69) is 36.9 Å². The van der Waals surface area contributed by atoms with E-state index in [0.717, 1.165) is 24.0 Å². The standard InChI is InChI=1S/C24H25NO3/c1-2-15-28-17-19-3-7-20(8-4-19)21-11-13-24(14-12-21,23(26)27)22-9-5-18(16-25)6-10-22/h2-10,21H,1,11-15,17H2,(H,26,27). The van der Waals surface area contributed by atoms with Crippen molar-refractivity contribution in [2.75, 3.05) is 6.61 Å². The number of carboxylic acid groups (broad SMARTS) is 1. The number of hydrogen-bond donors (Lipinski definition) is 1. The van der Waals surface area contributed by atoms with E-state index in [1.807, 2.05) is 0 Å². The first kappa shape index (κ1) is 19.9. The first-order valence-electron chi connectivity index (χ1n) is 9.60. The van der Waals surface area contributed by atoms with Gasteiger partial charge >= 0.3 is 5.97 Å². The zero-order valence-electron chi connectivity index (χ0n) is 15.9. The third-order valence-electron chi connectivity index (χ3n) is 5.77. The summed E-state index contributed by atoms with van der Waals surface area (Å²) in [6.45, 7) is 4.75. The molecule has 0 aromatic heterocycles. The second-order valence-electron chi connectivity index (χ2n) is 7.40. The third kappa shape index (κ3) is 4.16. The van der Waals surface area contributed by atoms with Crippen LogP contribution in [0.4, 0.5) is 0 Å². The maximum absolute atomic E-state index is 12.2. The van der Waals surface area contributed by atoms with Crippen LogP contribution in [0.2, 0.25) is 0 Å². The summed E-state index contributed by atoms with van der Waals surface area (Å²) in [5.41, 5.74) is 2.87. The first-order chi connectivity index (χ1) is 13.6. The van der Waals surface area contributed by atoms with Gasteiger partial charge in [0, 0.05) is 0 Å². The Morgan fingerprint density at radius 1 is 1.18 bits per heavy atom. The summed E-state index contributed by atoms with van der Waals surface area (Å²) in [4.78, 5) is 12.2. The average Bonchev–Trinajstić information content (AvgIpc) is 2.74. The third-order valence-corrected chi connectivity index (χ3v) is 5.77. The fourth-order valence-corrected chi connectivity index (χ4v) is 4.08. The van der Waals surface area contributed by atoms with Gasteiger partial charge in [0.25, 0.3) is 0 Å². The Hall–Kier alpha value is -2.90. The quantitative estimate of drug-likeness (QED) is 0.549. The molecule has 1 aliphatic carbocycles. The second kappa shape index (κ2) is 8.86. The van der Waals surface area contributed by atoms with Crippen LogP contribution in [0.5, 0.6) is 0 Å². The Balaban J connectivity index is 1.69. The predicted octanol–water partition coefficient (Wildman–Crippen LogP) is 4.94. The fourth-order valence-electron chi connectivity index (χ4n) is 4.08. The van der Waals surface area contributed by atoms with Gasteiger partial charge in [0.1, 0.15) is 0 Å². The lowest BCUT2D eigenvalue weighted by Crippen LogP contribution is -2.39. The van der Waals surface area contributed by atoms with Crippen LogP contribution in [0.3, 0.4) is 0 Å². The summed E-state index contributed by atoms with van der Waals surface area (Å²) < 4.78 is 5.47. The number of carbonyl (C=O) groups is 1. The van der Waals surface area contributed by atoms with Crippen LogP contribution >= 0.6 is 0 Å². The Morgan fingerprint density at radius 3 is 2.36 bits per heavy atom. The molecule has 1 saturated carbocycles. The molecule has 0 unspecified atom stereocenters. The van der Waals surface area contributed by atoms with Gasteiger partial charge in [-0.1, -0.05) is 42.5 Å². The smallest absolute Gasteiger partial charge is 0.314 e. The van der Waals surface area contributed by atoms with Crippen molar-refractivity contribution in [2.24, 2.45) is 0 Å². The molecule has 0 heterocycles. The molecule has 0 spiro atoms. The van der Waals surface area contributed by atoms with Crippen molar-refractivity contribution < 1.29 is 14.6 Å². The summed E-state index contributed by atoms with van der Waals surface area (Å²) in [6, 6.07) is 17.5. The molecular formula is C24H25NO3. The molecule has 28 heavy (non-hydrogen) atoms. The molecule has 2 aromatic carbocycles. The van der Waals surface area contributed by atoms with Gasteiger partial charge < -0.3 is 9.84 Å². The second-order valence-corrected chi connectivity index (χ2v) is 7.40. The van der Waals surface area contributed by atoms with Gasteiger partial charge in [-0.25, -0.2) is 0 Å². The molecule has 1 aliphatic rings. The van der Waals surface area contributed by atoms with Crippen molar-refractivity contribution in [1.29, 1.82) is 5.26 Å². The molecule has 3 rings (SSSR count). The highest BCUT2D eigenvalue weighted by molar-refractivity contribution is 5.81. The van der Waals surface area contributed by atoms with Gasteiger partial charge in [0.05, 0.1) is 30.3 Å². The van der Waals surface area contributed by atoms with Gasteiger partial charge in [-0.3, -0.25) is 4.79 Å². The lowest BCUT2D eigenvalue weighted by molar-refractivity contribution is -0.145. The summed E-state index contributed by atoms with van der Waals surface area (Å²) >= 11 is 0. The number of carboxylic acids is 1. The van der Waals surface area contributed by atoms with Crippen LogP contribution in [0.15, 0.2) is 61.2 Å². The number of nitriles is 1. The molecule has 0 amide bonds. The molecule has 4 nitrogen and oxygen atoms in total. The molecule has 0 atom stereocenters. The Kier molecular flexibility index (Phi) is 6.28. The number of nitrogens with zero attached hydrogens (tertiary/aromatic N) is 1. The molecule has 144 valence electrons. The highest BCUT2D eigenvalue weighted by atomic mass is 16.5. The van der Waals surface area contributed by atoms with E-state index in [4.69, 9.17) is 10.00 Å². The fraction of sp³-hybridized carbons (Fsp3) is 0.333. The SMILES string of the molecule is C=CCOCc1ccc(C2CCC(C(=O)O)(c3ccc(C#N)cc3)CC2)cc1. The van der Waals surface area contributed by atoms with Gasteiger partial charge in [-0.2, -0.15) is 5.26 Å². The van der Waals surface area contributed by atoms with Gasteiger partial charge in [-0.15, -0.1) is 6.58 Å². The molecule has 0 aliphatic heterocycles. The largest absolute Gasteiger partial charge is 0.481 e. The number of hydrogen-bond acceptors (Lipinski definition) is 3. The highest BCUT2D eigenvalue weighted by Crippen LogP contribution is 2.45. The average molecular weight is 375 g/mol. The molecule has 1 fully saturated rings. The Labute approximate surface area is 166 Å². The summed E-state index contributed by atoms with van der Waals surface area (Å²) in [5, 5.41) is 19.0. The minimum Gasteiger partial charge on any atom is -0.481 e. The number of benzene rings is 2. The van der Waals surface area contributed by atoms with Crippen molar-refractivity contribution in [1.82, 2.24) is 0 Å². The zero-order chi connectivity index (χ0) is 20.0. The van der Waals surface area contributed by atoms with E-state index in [9.17, 15) is 9.90 Å². The molecule has 1 N–H and O–H groups in total. The van der Waals surface area contributed by atoms with Crippen molar-refractivity contribution in [3.8, 4) is 6.07 Å². The lowest BCUT2D eigenvalue weighted by atomic mass is 9.65. The monoisotopic (exact) mass is 375 g/mol. The van der Waals surface area contributed by atoms with Crippen LogP contribution in [0, 0.1) is 11.3 Å². The van der Waals surface area contributed by atoms with Crippen LogP contribution in [0.25, 0.3) is 0 Å². The van der Waals surface area contributed by atoms with E-state index in [1.54, 1.807) is 30.3 Å². The van der Waals surface area contributed by atoms with Crippen molar-refractivity contribution >= 4 is 5.97 Å². The van der Waals surface area contributed by atoms with Crippen LogP contribution in [-0.2, 0) is 21.6 Å². The van der Waals surface area contributed by atoms with E-state index in [-0.39, 0.29) is 0 Å². The maximum Gasteiger partial charge on any atom is 0.314 e. The van der Waals surface area contributed by atoms with Crippen LogP contribution in [-0.4, -0.2) is 17.7 Å². The number of rotatable bonds is 7. The van der Waals surface area contributed by atoms with Crippen LogP contribution in [0.1, 0.15) is 53.9 Å². The maximum atomic E-state index is 12.2. The Morgan fingerprint density at radius 2 is 1.82 bits per heavy atom. The van der Waals surface area contributed by atoms with E-state index in [0.29, 0.717) is 37.5 Å². The molecule has 0 radical (unpaired) electrons. The molecular weight excluding hydrogens is 350 g/mol. The summed E-state index contributed by atoms with van der Waals surface area (Å²) in [5.74, 6) is -0.403. The summed E-state index contributed by atoms with van der Waals surface area (Å²) in [6.07, 6.45) is 4.60. The normalized spacial score (nSPS) is 21.6. The van der Waals surface area contributed by atoms with Crippen molar-refractivity contribution in [2.45, 2.75) is 43.6 Å². The topological polar surface area (TPSA) is 70.3 Å². The Bertz CT molecular complexity index is 854. The van der Waals surface area contributed by atoms with E-state index >= 15 is 0 Å². The first-order valence-corrected chi connectivity index (χ1v) is 9.60. The van der Waals surface area contributed by atoms with E-state index < -0.39 is 11.4 Å². The number of aliphatic carboxylic acids is 1. The van der Waals surface area contributed by atoms with Gasteiger partial charge in [0.2, 0.25) is 0 Å². The molecule has 2 aromatic rings. The predicted molar refractivity (Wildman–Crippen MR) is 108 cm³/mol. The molecule has 4 heteroatoms. The van der Waals surface area contributed by atoms with Gasteiger partial charge in [0.15, 0.2) is 0 Å². The van der Waals surface area contributed by atoms with E-state index in [1.165, 1.54) is 5.56 Å². The minimum atomic E-state index is -0.858. The molecule has 0 bridgehead atoms. The summed E-state index contributed by atoms with van der Waals surface area (Å²) in [7, 11) is 0. The van der Waals surface area contributed by atoms with Crippen LogP contribution < -0.4 is 0 Å². The van der Waals surface area contributed by atoms with Gasteiger partial charge in [-0.05, 0) is 60.4 Å². The van der Waals surface area contributed by atoms with Crippen molar-refractivity contribution in [3.63, 3.8) is 0 Å². The highest BCUT2D eigenvalue weighted by Gasteiger charge is 2.43. The minimum absolute atomic E-state index is 0.369. The lowest BCUT2D eigenvalue weighted by Gasteiger charge is -2.37. The molecule has 0 saturated heterocycles. The zero-order valence-corrected chi connectivity index (χ0v) is 15.9. The number of ether oxygens (including phenoxy) is 1. The van der Waals surface area contributed by atoms with Crippen molar-refractivity contribution in [3.05, 3.63) is 83.4 Å².